The summed E-state index contributed by atoms with van der Waals surface area (Å²) in [4.78, 5) is 13.7. The standard InChI is InChI=1S/C13H21N3O2/c1-4-16(9-13(2,3)12(18)15-14)10-6-5-7-11(17)8-10/h5-8,17H,4,9,14H2,1-3H3,(H,15,18). The number of hydrogen-bond acceptors (Lipinski definition) is 4. The predicted octanol–water partition coefficient (Wildman–Crippen LogP) is 1.23. The van der Waals surface area contributed by atoms with Crippen molar-refractivity contribution in [3.8, 4) is 5.75 Å². The maximum absolute atomic E-state index is 11.7. The molecule has 1 rings (SSSR count). The minimum absolute atomic E-state index is 0.207. The third kappa shape index (κ3) is 3.37. The van der Waals surface area contributed by atoms with E-state index < -0.39 is 5.41 Å². The molecule has 5 heteroatoms. The van der Waals surface area contributed by atoms with Crippen LogP contribution in [0.5, 0.6) is 5.75 Å². The van der Waals surface area contributed by atoms with Crippen molar-refractivity contribution in [1.82, 2.24) is 5.43 Å². The molecule has 0 aliphatic heterocycles. The van der Waals surface area contributed by atoms with Crippen molar-refractivity contribution >= 4 is 11.6 Å². The molecule has 0 radical (unpaired) electrons. The fraction of sp³-hybridized carbons (Fsp3) is 0.462. The van der Waals surface area contributed by atoms with E-state index in [-0.39, 0.29) is 11.7 Å². The number of benzene rings is 1. The fourth-order valence-electron chi connectivity index (χ4n) is 1.82. The van der Waals surface area contributed by atoms with Gasteiger partial charge in [0.2, 0.25) is 5.91 Å². The summed E-state index contributed by atoms with van der Waals surface area (Å²) in [6.07, 6.45) is 0. The average molecular weight is 251 g/mol. The Morgan fingerprint density at radius 3 is 2.67 bits per heavy atom. The Labute approximate surface area is 108 Å². The molecular weight excluding hydrogens is 230 g/mol. The minimum Gasteiger partial charge on any atom is -0.508 e. The molecule has 100 valence electrons. The molecule has 0 saturated heterocycles. The maximum atomic E-state index is 11.7. The number of carbonyl (C=O) groups excluding carboxylic acids is 1. The molecule has 0 aliphatic carbocycles. The molecular formula is C13H21N3O2. The van der Waals surface area contributed by atoms with Gasteiger partial charge in [-0.15, -0.1) is 0 Å². The number of nitrogens with zero attached hydrogens (tertiary/aromatic N) is 1. The summed E-state index contributed by atoms with van der Waals surface area (Å²) in [6, 6.07) is 6.98. The van der Waals surface area contributed by atoms with Crippen LogP contribution in [0.3, 0.4) is 0 Å². The molecule has 0 atom stereocenters. The van der Waals surface area contributed by atoms with Crippen molar-refractivity contribution in [3.63, 3.8) is 0 Å². The molecule has 1 amide bonds. The summed E-state index contributed by atoms with van der Waals surface area (Å²) in [5.41, 5.74) is 2.47. The van der Waals surface area contributed by atoms with E-state index in [4.69, 9.17) is 5.84 Å². The zero-order valence-corrected chi connectivity index (χ0v) is 11.1. The number of aromatic hydroxyl groups is 1. The van der Waals surface area contributed by atoms with Crippen LogP contribution in [0.4, 0.5) is 5.69 Å². The zero-order chi connectivity index (χ0) is 13.8. The molecule has 1 aromatic rings. The van der Waals surface area contributed by atoms with E-state index in [0.717, 1.165) is 12.2 Å². The Morgan fingerprint density at radius 1 is 1.50 bits per heavy atom. The predicted molar refractivity (Wildman–Crippen MR) is 72.1 cm³/mol. The van der Waals surface area contributed by atoms with Crippen molar-refractivity contribution in [2.75, 3.05) is 18.0 Å². The molecule has 18 heavy (non-hydrogen) atoms. The Balaban J connectivity index is 2.89. The highest BCUT2D eigenvalue weighted by Crippen LogP contribution is 2.24. The first-order valence-corrected chi connectivity index (χ1v) is 5.95. The Hall–Kier alpha value is -1.75. The number of nitrogens with two attached hydrogens (primary N) is 1. The second-order valence-electron chi connectivity index (χ2n) is 4.89. The smallest absolute Gasteiger partial charge is 0.241 e. The Kier molecular flexibility index (Phi) is 4.55. The molecule has 0 saturated carbocycles. The summed E-state index contributed by atoms with van der Waals surface area (Å²) >= 11 is 0. The van der Waals surface area contributed by atoms with Crippen LogP contribution < -0.4 is 16.2 Å². The number of anilines is 1. The number of phenols is 1. The van der Waals surface area contributed by atoms with Crippen LogP contribution >= 0.6 is 0 Å². The van der Waals surface area contributed by atoms with Gasteiger partial charge in [0, 0.05) is 24.8 Å². The highest BCUT2D eigenvalue weighted by molar-refractivity contribution is 5.82. The van der Waals surface area contributed by atoms with E-state index in [1.807, 2.05) is 31.7 Å². The summed E-state index contributed by atoms with van der Waals surface area (Å²) in [5.74, 6) is 5.19. The van der Waals surface area contributed by atoms with E-state index >= 15 is 0 Å². The van der Waals surface area contributed by atoms with Crippen LogP contribution in [-0.4, -0.2) is 24.1 Å². The summed E-state index contributed by atoms with van der Waals surface area (Å²) in [5, 5.41) is 9.49. The lowest BCUT2D eigenvalue weighted by Gasteiger charge is -2.32. The van der Waals surface area contributed by atoms with E-state index in [0.29, 0.717) is 6.54 Å². The average Bonchev–Trinajstić information content (AvgIpc) is 2.34. The molecule has 1 aromatic carbocycles. The van der Waals surface area contributed by atoms with Crippen molar-refractivity contribution < 1.29 is 9.90 Å². The van der Waals surface area contributed by atoms with Gasteiger partial charge in [0.25, 0.3) is 0 Å². The van der Waals surface area contributed by atoms with Crippen molar-refractivity contribution in [3.05, 3.63) is 24.3 Å². The van der Waals surface area contributed by atoms with Gasteiger partial charge in [-0.25, -0.2) is 5.84 Å². The molecule has 0 aliphatic rings. The monoisotopic (exact) mass is 251 g/mol. The number of hydrazine groups is 1. The first kappa shape index (κ1) is 14.3. The van der Waals surface area contributed by atoms with Gasteiger partial charge in [-0.05, 0) is 32.9 Å². The summed E-state index contributed by atoms with van der Waals surface area (Å²) in [7, 11) is 0. The van der Waals surface area contributed by atoms with Gasteiger partial charge in [-0.1, -0.05) is 6.07 Å². The lowest BCUT2D eigenvalue weighted by molar-refractivity contribution is -0.128. The van der Waals surface area contributed by atoms with Crippen molar-refractivity contribution in [2.45, 2.75) is 20.8 Å². The second-order valence-corrected chi connectivity index (χ2v) is 4.89. The molecule has 0 heterocycles. The van der Waals surface area contributed by atoms with Crippen LogP contribution in [0, 0.1) is 5.41 Å². The van der Waals surface area contributed by atoms with E-state index in [1.54, 1.807) is 18.2 Å². The SMILES string of the molecule is CCN(CC(C)(C)C(=O)NN)c1cccc(O)c1. The van der Waals surface area contributed by atoms with Crippen LogP contribution in [0.2, 0.25) is 0 Å². The van der Waals surface area contributed by atoms with Crippen molar-refractivity contribution in [1.29, 1.82) is 0 Å². The van der Waals surface area contributed by atoms with Gasteiger partial charge in [0.05, 0.1) is 5.41 Å². The second kappa shape index (κ2) is 5.73. The largest absolute Gasteiger partial charge is 0.508 e. The van der Waals surface area contributed by atoms with E-state index in [2.05, 4.69) is 5.43 Å². The fourth-order valence-corrected chi connectivity index (χ4v) is 1.82. The number of amides is 1. The number of rotatable bonds is 5. The molecule has 0 spiro atoms. The number of carbonyl (C=O) groups is 1. The Morgan fingerprint density at radius 2 is 2.17 bits per heavy atom. The van der Waals surface area contributed by atoms with Gasteiger partial charge in [-0.2, -0.15) is 0 Å². The first-order chi connectivity index (χ1) is 8.40. The molecule has 0 bridgehead atoms. The van der Waals surface area contributed by atoms with Gasteiger partial charge >= 0.3 is 0 Å². The third-order valence-electron chi connectivity index (χ3n) is 2.91. The van der Waals surface area contributed by atoms with Gasteiger partial charge < -0.3 is 10.0 Å². The Bertz CT molecular complexity index is 418. The van der Waals surface area contributed by atoms with Crippen LogP contribution in [-0.2, 0) is 4.79 Å². The zero-order valence-electron chi connectivity index (χ0n) is 11.1. The highest BCUT2D eigenvalue weighted by Gasteiger charge is 2.29. The van der Waals surface area contributed by atoms with E-state index in [9.17, 15) is 9.90 Å². The van der Waals surface area contributed by atoms with Crippen molar-refractivity contribution in [2.24, 2.45) is 11.3 Å². The van der Waals surface area contributed by atoms with Gasteiger partial charge in [-0.3, -0.25) is 10.2 Å². The normalized spacial score (nSPS) is 11.1. The van der Waals surface area contributed by atoms with E-state index in [1.165, 1.54) is 0 Å². The van der Waals surface area contributed by atoms with Crippen LogP contribution in [0.1, 0.15) is 20.8 Å². The third-order valence-corrected chi connectivity index (χ3v) is 2.91. The molecule has 5 nitrogen and oxygen atoms in total. The quantitative estimate of drug-likeness (QED) is 0.418. The topological polar surface area (TPSA) is 78.6 Å². The molecule has 0 aromatic heterocycles. The molecule has 0 unspecified atom stereocenters. The molecule has 0 fully saturated rings. The lowest BCUT2D eigenvalue weighted by atomic mass is 9.91. The lowest BCUT2D eigenvalue weighted by Crippen LogP contribution is -2.47. The number of phenolic OH excluding ortho intramolecular Hbond substituents is 1. The molecule has 4 N–H and O–H groups in total. The summed E-state index contributed by atoms with van der Waals surface area (Å²) in [6.45, 7) is 6.93. The van der Waals surface area contributed by atoms with Gasteiger partial charge in [0.15, 0.2) is 0 Å². The first-order valence-electron chi connectivity index (χ1n) is 5.95. The van der Waals surface area contributed by atoms with Crippen LogP contribution in [0.25, 0.3) is 0 Å². The number of hydrogen-bond donors (Lipinski definition) is 3. The maximum Gasteiger partial charge on any atom is 0.241 e. The highest BCUT2D eigenvalue weighted by atomic mass is 16.3. The summed E-state index contributed by atoms with van der Waals surface area (Å²) < 4.78 is 0. The minimum atomic E-state index is -0.601. The van der Waals surface area contributed by atoms with Gasteiger partial charge in [0.1, 0.15) is 5.75 Å². The number of nitrogens with one attached hydrogen (secondary N) is 1. The van der Waals surface area contributed by atoms with Crippen LogP contribution in [0.15, 0.2) is 24.3 Å².